The van der Waals surface area contributed by atoms with Gasteiger partial charge in [0.25, 0.3) is 0 Å². The predicted octanol–water partition coefficient (Wildman–Crippen LogP) is 5.59. The molecular formula is C25H26N4O. The lowest BCUT2D eigenvalue weighted by Crippen LogP contribution is -2.07. The van der Waals surface area contributed by atoms with Crippen molar-refractivity contribution < 1.29 is 4.74 Å². The summed E-state index contributed by atoms with van der Waals surface area (Å²) in [6.07, 6.45) is 2.00. The van der Waals surface area contributed by atoms with E-state index in [2.05, 4.69) is 66.2 Å². The van der Waals surface area contributed by atoms with Crippen molar-refractivity contribution in [2.24, 2.45) is 0 Å². The molecule has 0 fully saturated rings. The second-order valence-corrected chi connectivity index (χ2v) is 7.93. The van der Waals surface area contributed by atoms with Crippen molar-refractivity contribution in [3.05, 3.63) is 70.4 Å². The lowest BCUT2D eigenvalue weighted by Gasteiger charge is -2.17. The molecular weight excluding hydrogens is 372 g/mol. The molecule has 0 saturated carbocycles. The summed E-state index contributed by atoms with van der Waals surface area (Å²) < 4.78 is 8.02. The Bertz CT molecular complexity index is 1270. The first-order chi connectivity index (χ1) is 14.6. The van der Waals surface area contributed by atoms with Gasteiger partial charge in [-0.15, -0.1) is 0 Å². The number of hydrogen-bond donors (Lipinski definition) is 1. The quantitative estimate of drug-likeness (QED) is 0.489. The molecule has 0 radical (unpaired) electrons. The first-order valence-electron chi connectivity index (χ1n) is 10.5. The zero-order valence-corrected chi connectivity index (χ0v) is 17.9. The van der Waals surface area contributed by atoms with Crippen LogP contribution in [0.2, 0.25) is 0 Å². The predicted molar refractivity (Wildman–Crippen MR) is 121 cm³/mol. The number of para-hydroxylation sites is 1. The average molecular weight is 399 g/mol. The van der Waals surface area contributed by atoms with E-state index >= 15 is 0 Å². The topological polar surface area (TPSA) is 52.0 Å². The Kier molecular flexibility index (Phi) is 4.46. The summed E-state index contributed by atoms with van der Waals surface area (Å²) in [5.41, 5.74) is 11.2. The summed E-state index contributed by atoms with van der Waals surface area (Å²) in [4.78, 5) is 9.61. The highest BCUT2D eigenvalue weighted by Gasteiger charge is 2.22. The van der Waals surface area contributed by atoms with Crippen LogP contribution in [0.15, 0.2) is 42.5 Å². The highest BCUT2D eigenvalue weighted by molar-refractivity contribution is 5.80. The van der Waals surface area contributed by atoms with Gasteiger partial charge in [-0.1, -0.05) is 18.2 Å². The lowest BCUT2D eigenvalue weighted by molar-refractivity contribution is 0.309. The minimum atomic E-state index is 0.558. The fourth-order valence-corrected chi connectivity index (χ4v) is 4.47. The van der Waals surface area contributed by atoms with Crippen LogP contribution in [0.3, 0.4) is 0 Å². The summed E-state index contributed by atoms with van der Waals surface area (Å²) in [6.45, 7) is 8.84. The maximum atomic E-state index is 5.94. The molecule has 1 aliphatic heterocycles. The molecule has 152 valence electrons. The number of pyridine rings is 1. The maximum absolute atomic E-state index is 5.94. The van der Waals surface area contributed by atoms with Gasteiger partial charge in [0.2, 0.25) is 0 Å². The molecule has 0 saturated heterocycles. The largest absolute Gasteiger partial charge is 0.465 e. The number of rotatable bonds is 3. The van der Waals surface area contributed by atoms with E-state index < -0.39 is 0 Å². The molecule has 4 aromatic rings. The monoisotopic (exact) mass is 398 g/mol. The van der Waals surface area contributed by atoms with Gasteiger partial charge in [-0.2, -0.15) is 4.98 Å². The molecule has 2 aromatic heterocycles. The number of aromatic nitrogens is 3. The number of imidazole rings is 1. The van der Waals surface area contributed by atoms with Gasteiger partial charge in [-0.25, -0.2) is 9.55 Å². The molecule has 0 atom stereocenters. The van der Waals surface area contributed by atoms with Gasteiger partial charge >= 0.3 is 6.01 Å². The van der Waals surface area contributed by atoms with Crippen LogP contribution in [0.4, 0.5) is 11.4 Å². The van der Waals surface area contributed by atoms with Crippen LogP contribution in [-0.2, 0) is 12.8 Å². The van der Waals surface area contributed by atoms with E-state index in [0.29, 0.717) is 12.6 Å². The SMILES string of the molecule is CCOc1nc2c(C)cc(C)nc2n1-c1ccc2c(c1C)CCc1ccccc1N2. The summed E-state index contributed by atoms with van der Waals surface area (Å²) in [6, 6.07) is 15.5. The Morgan fingerprint density at radius 2 is 1.83 bits per heavy atom. The van der Waals surface area contributed by atoms with E-state index in [9.17, 15) is 0 Å². The van der Waals surface area contributed by atoms with Gasteiger partial charge in [0, 0.05) is 17.1 Å². The highest BCUT2D eigenvalue weighted by Crippen LogP contribution is 2.36. The van der Waals surface area contributed by atoms with E-state index in [1.807, 2.05) is 13.8 Å². The molecule has 5 nitrogen and oxygen atoms in total. The van der Waals surface area contributed by atoms with Crippen LogP contribution >= 0.6 is 0 Å². The Morgan fingerprint density at radius 3 is 2.67 bits per heavy atom. The standard InChI is InChI=1S/C25H26N4O/c1-5-30-25-28-23-15(2)14-16(3)26-24(23)29(25)22-13-12-21-19(17(22)4)11-10-18-8-6-7-9-20(18)27-21/h6-9,12-14,27H,5,10-11H2,1-4H3. The summed E-state index contributed by atoms with van der Waals surface area (Å²) in [7, 11) is 0. The van der Waals surface area contributed by atoms with Crippen molar-refractivity contribution in [1.82, 2.24) is 14.5 Å². The third-order valence-corrected chi connectivity index (χ3v) is 5.92. The Morgan fingerprint density at radius 1 is 1.00 bits per heavy atom. The molecule has 0 unspecified atom stereocenters. The number of hydrogen-bond acceptors (Lipinski definition) is 4. The normalized spacial score (nSPS) is 12.8. The smallest absolute Gasteiger partial charge is 0.303 e. The van der Waals surface area contributed by atoms with Crippen molar-refractivity contribution in [3.63, 3.8) is 0 Å². The van der Waals surface area contributed by atoms with Gasteiger partial charge in [-0.3, -0.25) is 0 Å². The number of fused-ring (bicyclic) bond motifs is 3. The molecule has 0 amide bonds. The van der Waals surface area contributed by atoms with Crippen molar-refractivity contribution >= 4 is 22.5 Å². The van der Waals surface area contributed by atoms with Crippen molar-refractivity contribution in [2.75, 3.05) is 11.9 Å². The molecule has 5 rings (SSSR count). The Labute approximate surface area is 176 Å². The number of nitrogens with one attached hydrogen (secondary N) is 1. The first-order valence-corrected chi connectivity index (χ1v) is 10.5. The number of nitrogens with zero attached hydrogens (tertiary/aromatic N) is 3. The summed E-state index contributed by atoms with van der Waals surface area (Å²) in [5.74, 6) is 0. The van der Waals surface area contributed by atoms with E-state index in [-0.39, 0.29) is 0 Å². The fourth-order valence-electron chi connectivity index (χ4n) is 4.47. The Balaban J connectivity index is 1.71. The van der Waals surface area contributed by atoms with E-state index in [4.69, 9.17) is 14.7 Å². The van der Waals surface area contributed by atoms with Crippen molar-refractivity contribution in [2.45, 2.75) is 40.5 Å². The molecule has 5 heteroatoms. The minimum Gasteiger partial charge on any atom is -0.465 e. The lowest BCUT2D eigenvalue weighted by atomic mass is 9.99. The molecule has 0 spiro atoms. The molecule has 1 N–H and O–H groups in total. The molecule has 1 aliphatic rings. The second kappa shape index (κ2) is 7.17. The maximum Gasteiger partial charge on any atom is 0.303 e. The average Bonchev–Trinajstić information content (AvgIpc) is 2.96. The zero-order chi connectivity index (χ0) is 20.8. The van der Waals surface area contributed by atoms with Crippen LogP contribution < -0.4 is 10.1 Å². The van der Waals surface area contributed by atoms with E-state index in [1.54, 1.807) is 0 Å². The van der Waals surface area contributed by atoms with Crippen LogP contribution in [0.25, 0.3) is 16.9 Å². The number of ether oxygens (including phenoxy) is 1. The zero-order valence-electron chi connectivity index (χ0n) is 17.9. The molecule has 2 aromatic carbocycles. The van der Waals surface area contributed by atoms with Crippen LogP contribution in [0.5, 0.6) is 6.01 Å². The van der Waals surface area contributed by atoms with Crippen molar-refractivity contribution in [3.8, 4) is 11.7 Å². The van der Waals surface area contributed by atoms with Gasteiger partial charge in [0.1, 0.15) is 5.52 Å². The first kappa shape index (κ1) is 18.7. The molecule has 0 bridgehead atoms. The molecule has 0 aliphatic carbocycles. The van der Waals surface area contributed by atoms with Gasteiger partial charge < -0.3 is 10.1 Å². The van der Waals surface area contributed by atoms with Gasteiger partial charge in [0.05, 0.1) is 12.3 Å². The fraction of sp³-hybridized carbons (Fsp3) is 0.280. The number of aryl methyl sites for hydroxylation is 3. The van der Waals surface area contributed by atoms with E-state index in [1.165, 1.54) is 28.1 Å². The second-order valence-electron chi connectivity index (χ2n) is 7.93. The highest BCUT2D eigenvalue weighted by atomic mass is 16.5. The van der Waals surface area contributed by atoms with Crippen LogP contribution in [-0.4, -0.2) is 21.1 Å². The van der Waals surface area contributed by atoms with Gasteiger partial charge in [-0.05, 0) is 87.1 Å². The van der Waals surface area contributed by atoms with Gasteiger partial charge in [0.15, 0.2) is 5.65 Å². The molecule has 3 heterocycles. The minimum absolute atomic E-state index is 0.558. The number of anilines is 2. The van der Waals surface area contributed by atoms with Crippen molar-refractivity contribution in [1.29, 1.82) is 0 Å². The van der Waals surface area contributed by atoms with Crippen LogP contribution in [0.1, 0.15) is 34.9 Å². The third-order valence-electron chi connectivity index (χ3n) is 5.92. The molecule has 30 heavy (non-hydrogen) atoms. The summed E-state index contributed by atoms with van der Waals surface area (Å²) in [5, 5.41) is 3.64. The number of benzene rings is 2. The third kappa shape index (κ3) is 2.93. The summed E-state index contributed by atoms with van der Waals surface area (Å²) >= 11 is 0. The Hall–Kier alpha value is -3.34. The van der Waals surface area contributed by atoms with Crippen LogP contribution in [0, 0.1) is 20.8 Å². The van der Waals surface area contributed by atoms with E-state index in [0.717, 1.165) is 41.0 Å².